The molecule has 1 saturated carbocycles. The molecule has 1 unspecified atom stereocenters. The number of nitrogens with two attached hydrogens (primary N) is 1. The minimum absolute atomic E-state index is 0.0369. The Hall–Kier alpha value is 0.0700. The minimum atomic E-state index is -0.958. The van der Waals surface area contributed by atoms with E-state index in [0.29, 0.717) is 0 Å². The molecule has 0 aromatic heterocycles. The van der Waals surface area contributed by atoms with Crippen molar-refractivity contribution in [1.82, 2.24) is 4.72 Å². The highest BCUT2D eigenvalue weighted by Crippen LogP contribution is 2.52. The summed E-state index contributed by atoms with van der Waals surface area (Å²) in [7, 11) is -0.958. The van der Waals surface area contributed by atoms with E-state index in [9.17, 15) is 4.21 Å². The van der Waals surface area contributed by atoms with Crippen LogP contribution >= 0.6 is 0 Å². The fourth-order valence-electron chi connectivity index (χ4n) is 2.65. The van der Waals surface area contributed by atoms with Gasteiger partial charge in [0.05, 0.1) is 11.0 Å². The fourth-order valence-corrected chi connectivity index (χ4v) is 3.59. The van der Waals surface area contributed by atoms with Gasteiger partial charge in [-0.25, -0.2) is 8.93 Å². The SMILES string of the molecule is CS(=O)NC1C(C)(C)C(N)C1(C)C. The van der Waals surface area contributed by atoms with Crippen LogP contribution in [0.25, 0.3) is 0 Å². The van der Waals surface area contributed by atoms with Gasteiger partial charge in [-0.3, -0.25) is 0 Å². The standard InChI is InChI=1S/C9H20N2OS/c1-8(2)6(10)9(3,4)7(8)11-13(5)12/h6-7,11H,10H2,1-5H3. The Kier molecular flexibility index (Phi) is 2.60. The molecule has 1 aliphatic carbocycles. The van der Waals surface area contributed by atoms with Gasteiger partial charge in [-0.2, -0.15) is 0 Å². The zero-order valence-corrected chi connectivity index (χ0v) is 9.87. The van der Waals surface area contributed by atoms with Gasteiger partial charge < -0.3 is 5.73 Å². The lowest BCUT2D eigenvalue weighted by atomic mass is 9.49. The average molecular weight is 204 g/mol. The maximum atomic E-state index is 11.1. The largest absolute Gasteiger partial charge is 0.327 e. The topological polar surface area (TPSA) is 55.1 Å². The average Bonchev–Trinajstić information content (AvgIpc) is 1.98. The van der Waals surface area contributed by atoms with E-state index < -0.39 is 11.0 Å². The predicted molar refractivity (Wildman–Crippen MR) is 56.5 cm³/mol. The summed E-state index contributed by atoms with van der Waals surface area (Å²) in [6.45, 7) is 8.47. The number of hydrogen-bond acceptors (Lipinski definition) is 2. The van der Waals surface area contributed by atoms with E-state index in [4.69, 9.17) is 5.73 Å². The molecule has 0 heterocycles. The maximum Gasteiger partial charge on any atom is 0.0886 e. The zero-order chi connectivity index (χ0) is 10.4. The first-order valence-corrected chi connectivity index (χ1v) is 6.11. The molecule has 0 aromatic carbocycles. The first-order chi connectivity index (χ1) is 5.70. The molecule has 3 N–H and O–H groups in total. The van der Waals surface area contributed by atoms with Crippen LogP contribution in [0, 0.1) is 10.8 Å². The predicted octanol–water partition coefficient (Wildman–Crippen LogP) is 0.631. The van der Waals surface area contributed by atoms with Crippen molar-refractivity contribution >= 4 is 11.0 Å². The molecule has 1 atom stereocenters. The fraction of sp³-hybridized carbons (Fsp3) is 1.00. The molecule has 1 aliphatic rings. The lowest BCUT2D eigenvalue weighted by Crippen LogP contribution is -2.75. The molecule has 0 spiro atoms. The van der Waals surface area contributed by atoms with Gasteiger partial charge >= 0.3 is 0 Å². The number of nitrogens with one attached hydrogen (secondary N) is 1. The van der Waals surface area contributed by atoms with Crippen LogP contribution in [0.15, 0.2) is 0 Å². The van der Waals surface area contributed by atoms with Crippen molar-refractivity contribution in [3.63, 3.8) is 0 Å². The first-order valence-electron chi connectivity index (χ1n) is 4.56. The monoisotopic (exact) mass is 204 g/mol. The zero-order valence-electron chi connectivity index (χ0n) is 9.05. The number of hydrogen-bond donors (Lipinski definition) is 2. The summed E-state index contributed by atoms with van der Waals surface area (Å²) in [4.78, 5) is 0. The second-order valence-electron chi connectivity index (χ2n) is 5.13. The second-order valence-corrected chi connectivity index (χ2v) is 6.27. The molecule has 0 saturated heterocycles. The molecular formula is C9H20N2OS. The summed E-state index contributed by atoms with van der Waals surface area (Å²) < 4.78 is 14.2. The van der Waals surface area contributed by atoms with Gasteiger partial charge in [-0.1, -0.05) is 27.7 Å². The molecule has 0 amide bonds. The molecule has 4 heteroatoms. The van der Waals surface area contributed by atoms with Gasteiger partial charge in [0.1, 0.15) is 0 Å². The third-order valence-corrected chi connectivity index (χ3v) is 3.94. The summed E-state index contributed by atoms with van der Waals surface area (Å²) in [5, 5.41) is 0. The second kappa shape index (κ2) is 3.04. The van der Waals surface area contributed by atoms with E-state index in [1.165, 1.54) is 0 Å². The van der Waals surface area contributed by atoms with Crippen molar-refractivity contribution in [2.24, 2.45) is 16.6 Å². The third kappa shape index (κ3) is 1.55. The third-order valence-electron chi connectivity index (χ3n) is 3.37. The van der Waals surface area contributed by atoms with Crippen molar-refractivity contribution in [2.45, 2.75) is 39.8 Å². The Morgan fingerprint density at radius 1 is 1.23 bits per heavy atom. The van der Waals surface area contributed by atoms with Gasteiger partial charge in [0.2, 0.25) is 0 Å². The Morgan fingerprint density at radius 3 is 1.92 bits per heavy atom. The highest BCUT2D eigenvalue weighted by molar-refractivity contribution is 7.82. The van der Waals surface area contributed by atoms with Gasteiger partial charge in [0.15, 0.2) is 0 Å². The lowest BCUT2D eigenvalue weighted by molar-refractivity contribution is -0.0586. The first kappa shape index (κ1) is 11.1. The van der Waals surface area contributed by atoms with Crippen molar-refractivity contribution in [1.29, 1.82) is 0 Å². The summed E-state index contributed by atoms with van der Waals surface area (Å²) in [5.74, 6) is 0. The summed E-state index contributed by atoms with van der Waals surface area (Å²) >= 11 is 0. The molecule has 1 fully saturated rings. The van der Waals surface area contributed by atoms with Gasteiger partial charge in [-0.15, -0.1) is 0 Å². The molecule has 1 rings (SSSR count). The van der Waals surface area contributed by atoms with E-state index in [2.05, 4.69) is 32.4 Å². The Balaban J connectivity index is 2.78. The van der Waals surface area contributed by atoms with Crippen LogP contribution < -0.4 is 10.5 Å². The van der Waals surface area contributed by atoms with Gasteiger partial charge in [-0.05, 0) is 10.8 Å². The molecule has 13 heavy (non-hydrogen) atoms. The highest BCUT2D eigenvalue weighted by Gasteiger charge is 2.60. The van der Waals surface area contributed by atoms with Crippen LogP contribution in [0.1, 0.15) is 27.7 Å². The summed E-state index contributed by atoms with van der Waals surface area (Å²) in [5.41, 5.74) is 6.13. The van der Waals surface area contributed by atoms with Crippen LogP contribution in [-0.2, 0) is 11.0 Å². The number of rotatable bonds is 2. The van der Waals surface area contributed by atoms with E-state index in [1.54, 1.807) is 6.26 Å². The van der Waals surface area contributed by atoms with Crippen LogP contribution in [-0.4, -0.2) is 22.5 Å². The van der Waals surface area contributed by atoms with Crippen molar-refractivity contribution in [3.8, 4) is 0 Å². The normalized spacial score (nSPS) is 38.0. The smallest absolute Gasteiger partial charge is 0.0886 e. The summed E-state index contributed by atoms with van der Waals surface area (Å²) in [6.07, 6.45) is 1.66. The van der Waals surface area contributed by atoms with Crippen LogP contribution in [0.2, 0.25) is 0 Å². The molecule has 0 aliphatic heterocycles. The van der Waals surface area contributed by atoms with E-state index in [-0.39, 0.29) is 22.9 Å². The van der Waals surface area contributed by atoms with Crippen molar-refractivity contribution < 1.29 is 4.21 Å². The molecule has 3 nitrogen and oxygen atoms in total. The minimum Gasteiger partial charge on any atom is -0.327 e. The molecule has 0 aromatic rings. The highest BCUT2D eigenvalue weighted by atomic mass is 32.2. The van der Waals surface area contributed by atoms with Crippen molar-refractivity contribution in [2.75, 3.05) is 6.26 Å². The van der Waals surface area contributed by atoms with Crippen LogP contribution in [0.5, 0.6) is 0 Å². The lowest BCUT2D eigenvalue weighted by Gasteiger charge is -2.62. The van der Waals surface area contributed by atoms with E-state index in [0.717, 1.165) is 0 Å². The molecule has 0 radical (unpaired) electrons. The molecule has 78 valence electrons. The van der Waals surface area contributed by atoms with Gasteiger partial charge in [0.25, 0.3) is 0 Å². The Labute approximate surface area is 83.1 Å². The molecule has 0 bridgehead atoms. The van der Waals surface area contributed by atoms with Crippen LogP contribution in [0.4, 0.5) is 0 Å². The maximum absolute atomic E-state index is 11.1. The van der Waals surface area contributed by atoms with Crippen LogP contribution in [0.3, 0.4) is 0 Å². The Morgan fingerprint density at radius 2 is 1.62 bits per heavy atom. The molecular weight excluding hydrogens is 184 g/mol. The summed E-state index contributed by atoms with van der Waals surface area (Å²) in [6, 6.07) is 0.405. The quantitative estimate of drug-likeness (QED) is 0.693. The Bertz CT molecular complexity index is 222. The van der Waals surface area contributed by atoms with E-state index >= 15 is 0 Å². The van der Waals surface area contributed by atoms with Crippen molar-refractivity contribution in [3.05, 3.63) is 0 Å². The van der Waals surface area contributed by atoms with Gasteiger partial charge in [0, 0.05) is 18.3 Å². The van der Waals surface area contributed by atoms with E-state index in [1.807, 2.05) is 0 Å².